The molecule has 1 aliphatic heterocycles. The number of aromatic nitrogens is 3. The molecule has 0 saturated heterocycles. The van der Waals surface area contributed by atoms with Crippen LogP contribution in [-0.4, -0.2) is 99.5 Å². The highest BCUT2D eigenvalue weighted by atomic mass is 16.6. The van der Waals surface area contributed by atoms with Crippen molar-refractivity contribution in [3.8, 4) is 12.3 Å². The van der Waals surface area contributed by atoms with Gasteiger partial charge in [-0.1, -0.05) is 25.0 Å². The van der Waals surface area contributed by atoms with E-state index in [-0.39, 0.29) is 37.1 Å². The SMILES string of the molecule is C#CCOCCOCCOCCOCCOCc1cn([C@@H]2c3cc(C(=O)OC)ccc3N(C(C)=O)[C@@H](CC)[C@H]2C)nn1. The van der Waals surface area contributed by atoms with E-state index in [0.717, 1.165) is 17.7 Å². The minimum atomic E-state index is -0.440. The molecule has 0 bridgehead atoms. The van der Waals surface area contributed by atoms with Gasteiger partial charge < -0.3 is 33.3 Å². The van der Waals surface area contributed by atoms with Crippen LogP contribution in [0.25, 0.3) is 0 Å². The molecule has 1 aromatic carbocycles. The van der Waals surface area contributed by atoms with Crippen molar-refractivity contribution in [1.29, 1.82) is 0 Å². The molecule has 1 amide bonds. The lowest BCUT2D eigenvalue weighted by Gasteiger charge is -2.44. The fourth-order valence-electron chi connectivity index (χ4n) is 5.10. The molecule has 3 atom stereocenters. The standard InChI is InChI=1S/C30H42N4O8/c1-6-10-38-11-12-39-13-14-40-15-16-41-17-18-42-21-25-20-33(32-31-25)29-22(3)27(7-2)34(23(4)35)28-9-8-24(19-26(28)29)30(36)37-5/h1,8-9,19-20,22,27,29H,7,10-18,21H2,2-5H3/t22-,27+,29+/m1/s1. The Bertz CT molecular complexity index is 1180. The Balaban J connectivity index is 1.48. The summed E-state index contributed by atoms with van der Waals surface area (Å²) in [7, 11) is 1.35. The number of amides is 1. The summed E-state index contributed by atoms with van der Waals surface area (Å²) in [6, 6.07) is 5.00. The highest BCUT2D eigenvalue weighted by molar-refractivity contribution is 5.96. The van der Waals surface area contributed by atoms with E-state index in [1.165, 1.54) is 7.11 Å². The summed E-state index contributed by atoms with van der Waals surface area (Å²) in [5, 5.41) is 8.71. The Hall–Kier alpha value is -3.34. The van der Waals surface area contributed by atoms with Gasteiger partial charge in [-0.05, 0) is 24.6 Å². The Labute approximate surface area is 247 Å². The van der Waals surface area contributed by atoms with Crippen molar-refractivity contribution in [2.75, 3.05) is 71.5 Å². The third-order valence-corrected chi connectivity index (χ3v) is 6.99. The van der Waals surface area contributed by atoms with Gasteiger partial charge in [0.2, 0.25) is 5.91 Å². The molecule has 12 heteroatoms. The van der Waals surface area contributed by atoms with E-state index in [9.17, 15) is 9.59 Å². The predicted molar refractivity (Wildman–Crippen MR) is 154 cm³/mol. The first-order chi connectivity index (χ1) is 20.4. The number of hydrogen-bond donors (Lipinski definition) is 0. The average molecular weight is 587 g/mol. The van der Waals surface area contributed by atoms with Crippen LogP contribution in [0.5, 0.6) is 0 Å². The minimum Gasteiger partial charge on any atom is -0.465 e. The molecule has 230 valence electrons. The second-order valence-electron chi connectivity index (χ2n) is 9.77. The Morgan fingerprint density at radius 1 is 0.976 bits per heavy atom. The zero-order valence-electron chi connectivity index (χ0n) is 25.0. The van der Waals surface area contributed by atoms with E-state index >= 15 is 0 Å². The molecular weight excluding hydrogens is 544 g/mol. The first kappa shape index (κ1) is 33.2. The van der Waals surface area contributed by atoms with Gasteiger partial charge in [0.25, 0.3) is 0 Å². The zero-order valence-corrected chi connectivity index (χ0v) is 25.0. The number of carbonyl (C=O) groups excluding carboxylic acids is 2. The molecule has 0 spiro atoms. The average Bonchev–Trinajstić information content (AvgIpc) is 3.45. The van der Waals surface area contributed by atoms with Crippen LogP contribution in [0.2, 0.25) is 0 Å². The normalized spacial score (nSPS) is 18.0. The largest absolute Gasteiger partial charge is 0.465 e. The molecule has 42 heavy (non-hydrogen) atoms. The van der Waals surface area contributed by atoms with Gasteiger partial charge in [-0.2, -0.15) is 0 Å². The number of terminal acetylenes is 1. The highest BCUT2D eigenvalue weighted by Gasteiger charge is 2.41. The second-order valence-corrected chi connectivity index (χ2v) is 9.77. The molecule has 0 saturated carbocycles. The maximum atomic E-state index is 12.7. The van der Waals surface area contributed by atoms with E-state index in [4.69, 9.17) is 34.8 Å². The Morgan fingerprint density at radius 3 is 2.17 bits per heavy atom. The van der Waals surface area contributed by atoms with Gasteiger partial charge in [-0.3, -0.25) is 4.79 Å². The van der Waals surface area contributed by atoms with Gasteiger partial charge in [0.1, 0.15) is 12.3 Å². The third kappa shape index (κ3) is 9.08. The van der Waals surface area contributed by atoms with Crippen LogP contribution < -0.4 is 4.90 Å². The first-order valence-corrected chi connectivity index (χ1v) is 14.2. The molecule has 3 rings (SSSR count). The number of fused-ring (bicyclic) bond motifs is 1. The molecule has 12 nitrogen and oxygen atoms in total. The molecular formula is C30H42N4O8. The Morgan fingerprint density at radius 2 is 1.60 bits per heavy atom. The number of carbonyl (C=O) groups is 2. The lowest BCUT2D eigenvalue weighted by molar-refractivity contribution is -0.117. The van der Waals surface area contributed by atoms with Gasteiger partial charge >= 0.3 is 5.97 Å². The van der Waals surface area contributed by atoms with E-state index in [1.807, 2.05) is 17.2 Å². The summed E-state index contributed by atoms with van der Waals surface area (Å²) >= 11 is 0. The molecule has 0 fully saturated rings. The molecule has 1 aliphatic rings. The van der Waals surface area contributed by atoms with Crippen molar-refractivity contribution in [2.45, 2.75) is 45.9 Å². The number of benzene rings is 1. The summed E-state index contributed by atoms with van der Waals surface area (Å²) in [4.78, 5) is 26.8. The summed E-state index contributed by atoms with van der Waals surface area (Å²) in [5.74, 6) is 1.91. The summed E-state index contributed by atoms with van der Waals surface area (Å²) < 4.78 is 34.0. The number of esters is 1. The van der Waals surface area contributed by atoms with Crippen LogP contribution in [0.1, 0.15) is 54.8 Å². The lowest BCUT2D eigenvalue weighted by atomic mass is 9.80. The monoisotopic (exact) mass is 586 g/mol. The number of rotatable bonds is 18. The second kappa shape index (κ2) is 17.6. The van der Waals surface area contributed by atoms with Gasteiger partial charge in [0.05, 0.1) is 84.4 Å². The summed E-state index contributed by atoms with van der Waals surface area (Å²) in [6.45, 7) is 9.91. The van der Waals surface area contributed by atoms with Crippen molar-refractivity contribution in [2.24, 2.45) is 5.92 Å². The van der Waals surface area contributed by atoms with Crippen LogP contribution in [0.4, 0.5) is 5.69 Å². The number of ether oxygens (including phenoxy) is 6. The summed E-state index contributed by atoms with van der Waals surface area (Å²) in [5.41, 5.74) is 2.66. The molecule has 2 heterocycles. The van der Waals surface area contributed by atoms with Crippen LogP contribution >= 0.6 is 0 Å². The molecule has 0 unspecified atom stereocenters. The number of hydrogen-bond acceptors (Lipinski definition) is 10. The van der Waals surface area contributed by atoms with Gasteiger partial charge in [-0.25, -0.2) is 9.48 Å². The maximum absolute atomic E-state index is 12.7. The smallest absolute Gasteiger partial charge is 0.337 e. The molecule has 0 N–H and O–H groups in total. The van der Waals surface area contributed by atoms with Crippen molar-refractivity contribution < 1.29 is 38.0 Å². The lowest BCUT2D eigenvalue weighted by Crippen LogP contribution is -2.49. The van der Waals surface area contributed by atoms with Gasteiger partial charge in [0.15, 0.2) is 0 Å². The summed E-state index contributed by atoms with van der Waals surface area (Å²) in [6.07, 6.45) is 7.71. The van der Waals surface area contributed by atoms with Crippen molar-refractivity contribution in [3.63, 3.8) is 0 Å². The van der Waals surface area contributed by atoms with Gasteiger partial charge in [0, 0.05) is 30.1 Å². The fourth-order valence-corrected chi connectivity index (χ4v) is 5.10. The molecule has 0 radical (unpaired) electrons. The van der Waals surface area contributed by atoms with Crippen LogP contribution in [0.15, 0.2) is 24.4 Å². The van der Waals surface area contributed by atoms with Crippen LogP contribution in [0, 0.1) is 18.3 Å². The minimum absolute atomic E-state index is 0.00449. The Kier molecular flexibility index (Phi) is 13.9. The van der Waals surface area contributed by atoms with E-state index < -0.39 is 5.97 Å². The quantitative estimate of drug-likeness (QED) is 0.146. The number of anilines is 1. The van der Waals surface area contributed by atoms with Crippen molar-refractivity contribution in [1.82, 2.24) is 15.0 Å². The third-order valence-electron chi connectivity index (χ3n) is 6.99. The predicted octanol–water partition coefficient (Wildman–Crippen LogP) is 2.65. The van der Waals surface area contributed by atoms with E-state index in [2.05, 4.69) is 30.1 Å². The van der Waals surface area contributed by atoms with Crippen LogP contribution in [-0.2, 0) is 39.8 Å². The zero-order chi connectivity index (χ0) is 30.3. The van der Waals surface area contributed by atoms with E-state index in [0.29, 0.717) is 64.1 Å². The number of nitrogens with zero attached hydrogens (tertiary/aromatic N) is 4. The van der Waals surface area contributed by atoms with Crippen molar-refractivity contribution in [3.05, 3.63) is 41.2 Å². The first-order valence-electron chi connectivity index (χ1n) is 14.2. The van der Waals surface area contributed by atoms with E-state index in [1.54, 1.807) is 23.7 Å². The van der Waals surface area contributed by atoms with Gasteiger partial charge in [-0.15, -0.1) is 11.5 Å². The highest BCUT2D eigenvalue weighted by Crippen LogP contribution is 2.44. The van der Waals surface area contributed by atoms with Crippen molar-refractivity contribution >= 4 is 17.6 Å². The maximum Gasteiger partial charge on any atom is 0.337 e. The number of methoxy groups -OCH3 is 1. The fraction of sp³-hybridized carbons (Fsp3) is 0.600. The molecule has 2 aromatic rings. The molecule has 0 aliphatic carbocycles. The van der Waals surface area contributed by atoms with Crippen LogP contribution in [0.3, 0.4) is 0 Å². The topological polar surface area (TPSA) is 123 Å². The molecule has 1 aromatic heterocycles.